The molecule has 1 aromatic heterocycles. The van der Waals surface area contributed by atoms with E-state index in [1.54, 1.807) is 7.05 Å². The number of rotatable bonds is 7. The summed E-state index contributed by atoms with van der Waals surface area (Å²) in [6.07, 6.45) is 1.99. The first kappa shape index (κ1) is 13.9. The molecule has 17 heavy (non-hydrogen) atoms. The first-order chi connectivity index (χ1) is 7.97. The minimum Gasteiger partial charge on any atom is -0.382 e. The van der Waals surface area contributed by atoms with Gasteiger partial charge in [-0.25, -0.2) is 13.1 Å². The van der Waals surface area contributed by atoms with E-state index < -0.39 is 10.0 Å². The van der Waals surface area contributed by atoms with Crippen LogP contribution in [0.1, 0.15) is 13.3 Å². The van der Waals surface area contributed by atoms with E-state index >= 15 is 0 Å². The summed E-state index contributed by atoms with van der Waals surface area (Å²) in [4.78, 5) is 0.0106. The molecule has 0 bridgehead atoms. The van der Waals surface area contributed by atoms with Crippen LogP contribution in [0, 0.1) is 0 Å². The van der Waals surface area contributed by atoms with Gasteiger partial charge in [-0.2, -0.15) is 5.10 Å². The summed E-state index contributed by atoms with van der Waals surface area (Å²) < 4.78 is 32.5. The molecule has 7 nitrogen and oxygen atoms in total. The fourth-order valence-electron chi connectivity index (χ4n) is 1.29. The minimum atomic E-state index is -3.57. The fourth-order valence-corrected chi connectivity index (χ4v) is 2.47. The molecule has 98 valence electrons. The van der Waals surface area contributed by atoms with Gasteiger partial charge in [0.15, 0.2) is 5.82 Å². The van der Waals surface area contributed by atoms with Crippen LogP contribution in [0.4, 0.5) is 5.82 Å². The van der Waals surface area contributed by atoms with Crippen LogP contribution in [0.5, 0.6) is 0 Å². The average molecular weight is 262 g/mol. The van der Waals surface area contributed by atoms with Gasteiger partial charge in [-0.3, -0.25) is 4.68 Å². The fraction of sp³-hybridized carbons (Fsp3) is 0.667. The monoisotopic (exact) mass is 262 g/mol. The van der Waals surface area contributed by atoms with Crippen LogP contribution in [-0.4, -0.2) is 38.0 Å². The lowest BCUT2D eigenvalue weighted by molar-refractivity contribution is 0.146. The van der Waals surface area contributed by atoms with Gasteiger partial charge in [-0.15, -0.1) is 0 Å². The molecule has 0 radical (unpaired) electrons. The third-order valence-electron chi connectivity index (χ3n) is 2.07. The van der Waals surface area contributed by atoms with Crippen LogP contribution in [-0.2, 0) is 21.8 Å². The molecule has 0 fully saturated rings. The normalized spacial score (nSPS) is 11.9. The largest absolute Gasteiger partial charge is 0.382 e. The summed E-state index contributed by atoms with van der Waals surface area (Å²) in [6, 6.07) is 0. The lowest BCUT2D eigenvalue weighted by Gasteiger charge is -2.05. The molecule has 0 spiro atoms. The maximum absolute atomic E-state index is 11.8. The van der Waals surface area contributed by atoms with Crippen molar-refractivity contribution in [3.05, 3.63) is 6.20 Å². The molecule has 0 unspecified atom stereocenters. The number of ether oxygens (including phenoxy) is 1. The van der Waals surface area contributed by atoms with Crippen molar-refractivity contribution in [2.45, 2.75) is 18.2 Å². The summed E-state index contributed by atoms with van der Waals surface area (Å²) >= 11 is 0. The third-order valence-corrected chi connectivity index (χ3v) is 3.55. The van der Waals surface area contributed by atoms with Gasteiger partial charge in [0.05, 0.1) is 0 Å². The van der Waals surface area contributed by atoms with Crippen LogP contribution in [0.3, 0.4) is 0 Å². The standard InChI is InChI=1S/C9H18N4O3S/c1-3-16-6-4-5-11-17(14,15)8-7-13(2)12-9(8)10/h7,11H,3-6H2,1-2H3,(H2,10,12). The zero-order valence-electron chi connectivity index (χ0n) is 10.0. The van der Waals surface area contributed by atoms with Crippen LogP contribution in [0.15, 0.2) is 11.1 Å². The van der Waals surface area contributed by atoms with Crippen molar-refractivity contribution in [1.29, 1.82) is 0 Å². The highest BCUT2D eigenvalue weighted by Gasteiger charge is 2.19. The molecule has 0 aliphatic carbocycles. The van der Waals surface area contributed by atoms with Gasteiger partial charge in [-0.05, 0) is 13.3 Å². The smallest absolute Gasteiger partial charge is 0.245 e. The zero-order chi connectivity index (χ0) is 12.9. The van der Waals surface area contributed by atoms with Crippen LogP contribution < -0.4 is 10.5 Å². The molecule has 0 saturated carbocycles. The second-order valence-corrected chi connectivity index (χ2v) is 5.24. The Morgan fingerprint density at radius 2 is 2.29 bits per heavy atom. The zero-order valence-corrected chi connectivity index (χ0v) is 10.8. The van der Waals surface area contributed by atoms with E-state index in [4.69, 9.17) is 10.5 Å². The summed E-state index contributed by atoms with van der Waals surface area (Å²) in [5.41, 5.74) is 5.50. The molecule has 1 rings (SSSR count). The van der Waals surface area contributed by atoms with E-state index in [-0.39, 0.29) is 10.7 Å². The van der Waals surface area contributed by atoms with Crippen LogP contribution >= 0.6 is 0 Å². The summed E-state index contributed by atoms with van der Waals surface area (Å²) in [7, 11) is -1.96. The topological polar surface area (TPSA) is 99.2 Å². The summed E-state index contributed by atoms with van der Waals surface area (Å²) in [5, 5.41) is 3.79. The number of nitrogens with two attached hydrogens (primary N) is 1. The van der Waals surface area contributed by atoms with Crippen molar-refractivity contribution in [3.63, 3.8) is 0 Å². The van der Waals surface area contributed by atoms with Crippen molar-refractivity contribution >= 4 is 15.8 Å². The molecule has 3 N–H and O–H groups in total. The third kappa shape index (κ3) is 3.99. The van der Waals surface area contributed by atoms with Gasteiger partial charge in [0.2, 0.25) is 10.0 Å². The van der Waals surface area contributed by atoms with Crippen LogP contribution in [0.25, 0.3) is 0 Å². The number of aryl methyl sites for hydroxylation is 1. The SMILES string of the molecule is CCOCCCNS(=O)(=O)c1cn(C)nc1N. The predicted octanol–water partition coefficient (Wildman–Crippen LogP) is -0.293. The van der Waals surface area contributed by atoms with Gasteiger partial charge in [0, 0.05) is 33.0 Å². The van der Waals surface area contributed by atoms with Crippen molar-refractivity contribution in [1.82, 2.24) is 14.5 Å². The highest BCUT2D eigenvalue weighted by atomic mass is 32.2. The Morgan fingerprint density at radius 3 is 2.82 bits per heavy atom. The van der Waals surface area contributed by atoms with Gasteiger partial charge in [0.25, 0.3) is 0 Å². The van der Waals surface area contributed by atoms with Crippen molar-refractivity contribution in [3.8, 4) is 0 Å². The number of hydrogen-bond donors (Lipinski definition) is 2. The van der Waals surface area contributed by atoms with E-state index in [0.717, 1.165) is 0 Å². The molecular weight excluding hydrogens is 244 g/mol. The molecule has 0 aromatic carbocycles. The quantitative estimate of drug-likeness (QED) is 0.658. The Labute approximate surface area is 101 Å². The molecule has 0 saturated heterocycles. The van der Waals surface area contributed by atoms with Crippen molar-refractivity contribution < 1.29 is 13.2 Å². The molecule has 0 aliphatic rings. The summed E-state index contributed by atoms with van der Waals surface area (Å²) in [5.74, 6) is 0.00445. The maximum Gasteiger partial charge on any atom is 0.245 e. The van der Waals surface area contributed by atoms with E-state index in [9.17, 15) is 8.42 Å². The van der Waals surface area contributed by atoms with Gasteiger partial charge in [-0.1, -0.05) is 0 Å². The number of nitrogens with one attached hydrogen (secondary N) is 1. The van der Waals surface area contributed by atoms with E-state index in [0.29, 0.717) is 26.2 Å². The van der Waals surface area contributed by atoms with Gasteiger partial charge in [0.1, 0.15) is 4.90 Å². The molecule has 0 amide bonds. The number of aromatic nitrogens is 2. The van der Waals surface area contributed by atoms with Gasteiger partial charge >= 0.3 is 0 Å². The van der Waals surface area contributed by atoms with E-state index in [1.807, 2.05) is 6.92 Å². The Morgan fingerprint density at radius 1 is 1.59 bits per heavy atom. The molecule has 8 heteroatoms. The van der Waals surface area contributed by atoms with E-state index in [2.05, 4.69) is 9.82 Å². The first-order valence-electron chi connectivity index (χ1n) is 5.34. The molecule has 0 atom stereocenters. The molecular formula is C9H18N4O3S. The van der Waals surface area contributed by atoms with Crippen molar-refractivity contribution in [2.75, 3.05) is 25.5 Å². The van der Waals surface area contributed by atoms with Crippen LogP contribution in [0.2, 0.25) is 0 Å². The number of nitrogen functional groups attached to an aromatic ring is 1. The highest BCUT2D eigenvalue weighted by molar-refractivity contribution is 7.89. The number of anilines is 1. The van der Waals surface area contributed by atoms with Gasteiger partial charge < -0.3 is 10.5 Å². The second kappa shape index (κ2) is 5.99. The van der Waals surface area contributed by atoms with E-state index in [1.165, 1.54) is 10.9 Å². The lowest BCUT2D eigenvalue weighted by Crippen LogP contribution is -2.26. The predicted molar refractivity (Wildman–Crippen MR) is 63.9 cm³/mol. The second-order valence-electron chi connectivity index (χ2n) is 3.50. The average Bonchev–Trinajstić information content (AvgIpc) is 2.58. The highest BCUT2D eigenvalue weighted by Crippen LogP contribution is 2.14. The Balaban J connectivity index is 2.54. The minimum absolute atomic E-state index is 0.00445. The number of hydrogen-bond acceptors (Lipinski definition) is 5. The number of sulfonamides is 1. The maximum atomic E-state index is 11.8. The summed E-state index contributed by atoms with van der Waals surface area (Å²) in [6.45, 7) is 3.36. The van der Waals surface area contributed by atoms with Crippen molar-refractivity contribution in [2.24, 2.45) is 7.05 Å². The molecule has 0 aliphatic heterocycles. The Bertz CT molecular complexity index is 455. The first-order valence-corrected chi connectivity index (χ1v) is 6.82. The lowest BCUT2D eigenvalue weighted by atomic mass is 10.5. The number of nitrogens with zero attached hydrogens (tertiary/aromatic N) is 2. The molecule has 1 heterocycles. The molecule has 1 aromatic rings. The Hall–Kier alpha value is -1.12. The Kier molecular flexibility index (Phi) is 4.91.